The third kappa shape index (κ3) is 3.23. The van der Waals surface area contributed by atoms with Crippen LogP contribution in [0.25, 0.3) is 11.0 Å². The van der Waals surface area contributed by atoms with Gasteiger partial charge in [0.1, 0.15) is 11.4 Å². The van der Waals surface area contributed by atoms with Crippen molar-refractivity contribution in [2.24, 2.45) is 0 Å². The first-order valence-corrected chi connectivity index (χ1v) is 11.1. The lowest BCUT2D eigenvalue weighted by atomic mass is 9.98. The molecule has 3 heterocycles. The van der Waals surface area contributed by atoms with Crippen LogP contribution in [0.4, 0.5) is 4.39 Å². The number of carbonyl (C=O) groups is 1. The molecule has 0 spiro atoms. The lowest BCUT2D eigenvalue weighted by molar-refractivity contribution is 0.0714. The Morgan fingerprint density at radius 3 is 2.59 bits per heavy atom. The van der Waals surface area contributed by atoms with Crippen molar-refractivity contribution in [3.63, 3.8) is 0 Å². The zero-order chi connectivity index (χ0) is 23.6. The molecule has 0 aliphatic carbocycles. The number of hydrogen-bond acceptors (Lipinski definition) is 5. The maximum Gasteiger partial charge on any atom is 0.291 e. The van der Waals surface area contributed by atoms with Crippen LogP contribution < -0.4 is 14.9 Å². The van der Waals surface area contributed by atoms with Crippen LogP contribution in [0, 0.1) is 5.82 Å². The lowest BCUT2D eigenvalue weighted by Crippen LogP contribution is -2.29. The summed E-state index contributed by atoms with van der Waals surface area (Å²) >= 11 is 12.4. The largest absolute Gasteiger partial charge is 0.454 e. The second kappa shape index (κ2) is 7.75. The molecule has 1 amide bonds. The van der Waals surface area contributed by atoms with Crippen molar-refractivity contribution >= 4 is 40.1 Å². The first-order valence-electron chi connectivity index (χ1n) is 10.3. The van der Waals surface area contributed by atoms with Gasteiger partial charge in [0, 0.05) is 6.54 Å². The lowest BCUT2D eigenvalue weighted by Gasteiger charge is -2.25. The molecule has 0 saturated carbocycles. The van der Waals surface area contributed by atoms with Gasteiger partial charge >= 0.3 is 0 Å². The molecule has 0 unspecified atom stereocenters. The summed E-state index contributed by atoms with van der Waals surface area (Å²) in [6.45, 7) is 0.273. The van der Waals surface area contributed by atoms with Gasteiger partial charge in [-0.15, -0.1) is 0 Å². The van der Waals surface area contributed by atoms with E-state index < -0.39 is 23.2 Å². The minimum atomic E-state index is -0.813. The fraction of sp³-hybridized carbons (Fsp3) is 0.120. The van der Waals surface area contributed by atoms with Gasteiger partial charge in [0.15, 0.2) is 16.9 Å². The van der Waals surface area contributed by atoms with Crippen molar-refractivity contribution < 1.29 is 23.1 Å². The summed E-state index contributed by atoms with van der Waals surface area (Å²) in [5.41, 5.74) is 1.12. The molecule has 34 heavy (non-hydrogen) atoms. The Morgan fingerprint density at radius 2 is 1.76 bits per heavy atom. The topological polar surface area (TPSA) is 69.0 Å². The second-order valence-electron chi connectivity index (χ2n) is 8.01. The third-order valence-corrected chi connectivity index (χ3v) is 6.72. The SMILES string of the molecule is O=C1c2oc3ccc(F)cc3c(=O)c2[C@H](c2ccc(Cl)c(Cl)c2)N1Cc1ccc2c(c1)OCO2. The average Bonchev–Trinajstić information content (AvgIpc) is 3.39. The molecule has 6 nitrogen and oxygen atoms in total. The van der Waals surface area contributed by atoms with E-state index >= 15 is 0 Å². The summed E-state index contributed by atoms with van der Waals surface area (Å²) in [6.07, 6.45) is 0. The fourth-order valence-corrected chi connectivity index (χ4v) is 4.73. The highest BCUT2D eigenvalue weighted by Crippen LogP contribution is 2.41. The van der Waals surface area contributed by atoms with Crippen LogP contribution in [0.15, 0.2) is 63.8 Å². The van der Waals surface area contributed by atoms with Gasteiger partial charge in [-0.2, -0.15) is 0 Å². The van der Waals surface area contributed by atoms with Crippen molar-refractivity contribution in [2.75, 3.05) is 6.79 Å². The number of ether oxygens (including phenoxy) is 2. The van der Waals surface area contributed by atoms with E-state index in [1.165, 1.54) is 17.0 Å². The van der Waals surface area contributed by atoms with Crippen LogP contribution in [0.3, 0.4) is 0 Å². The van der Waals surface area contributed by atoms with Gasteiger partial charge < -0.3 is 18.8 Å². The summed E-state index contributed by atoms with van der Waals surface area (Å²) in [7, 11) is 0. The normalized spacial score (nSPS) is 16.4. The molecule has 0 saturated heterocycles. The molecule has 2 aliphatic heterocycles. The van der Waals surface area contributed by atoms with E-state index in [0.29, 0.717) is 22.1 Å². The number of hydrogen-bond donors (Lipinski definition) is 0. The first kappa shape index (κ1) is 21.0. The highest BCUT2D eigenvalue weighted by molar-refractivity contribution is 6.42. The van der Waals surface area contributed by atoms with Gasteiger partial charge in [0.2, 0.25) is 12.6 Å². The van der Waals surface area contributed by atoms with E-state index in [9.17, 15) is 14.0 Å². The minimum Gasteiger partial charge on any atom is -0.454 e. The van der Waals surface area contributed by atoms with Crippen molar-refractivity contribution in [2.45, 2.75) is 12.6 Å². The highest BCUT2D eigenvalue weighted by Gasteiger charge is 2.43. The number of rotatable bonds is 3. The van der Waals surface area contributed by atoms with Crippen LogP contribution in [0.1, 0.15) is 33.3 Å². The molecule has 6 rings (SSSR count). The quantitative estimate of drug-likeness (QED) is 0.362. The van der Waals surface area contributed by atoms with E-state index in [1.54, 1.807) is 30.3 Å². The summed E-state index contributed by atoms with van der Waals surface area (Å²) in [5, 5.41) is 0.672. The van der Waals surface area contributed by atoms with Gasteiger partial charge in [0.25, 0.3) is 5.91 Å². The molecule has 9 heteroatoms. The van der Waals surface area contributed by atoms with Crippen LogP contribution in [-0.2, 0) is 6.54 Å². The van der Waals surface area contributed by atoms with Gasteiger partial charge in [0.05, 0.1) is 27.0 Å². The number of halogens is 3. The predicted octanol–water partition coefficient (Wildman–Crippen LogP) is 5.71. The fourth-order valence-electron chi connectivity index (χ4n) is 4.42. The van der Waals surface area contributed by atoms with E-state index in [-0.39, 0.29) is 40.7 Å². The number of carbonyl (C=O) groups excluding carboxylic acids is 1. The van der Waals surface area contributed by atoms with Gasteiger partial charge in [-0.3, -0.25) is 9.59 Å². The summed E-state index contributed by atoms with van der Waals surface area (Å²) < 4.78 is 30.6. The van der Waals surface area contributed by atoms with Crippen LogP contribution >= 0.6 is 23.2 Å². The third-order valence-electron chi connectivity index (χ3n) is 5.98. The molecule has 2 aliphatic rings. The first-order chi connectivity index (χ1) is 16.4. The molecular formula is C25H14Cl2FNO5. The zero-order valence-corrected chi connectivity index (χ0v) is 18.8. The molecule has 1 atom stereocenters. The number of benzene rings is 3. The smallest absolute Gasteiger partial charge is 0.291 e. The minimum absolute atomic E-state index is 0.0570. The average molecular weight is 498 g/mol. The Balaban J connectivity index is 1.54. The van der Waals surface area contributed by atoms with Crippen molar-refractivity contribution in [3.05, 3.63) is 103 Å². The van der Waals surface area contributed by atoms with Crippen LogP contribution in [-0.4, -0.2) is 17.6 Å². The maximum atomic E-state index is 13.9. The van der Waals surface area contributed by atoms with Gasteiger partial charge in [-0.25, -0.2) is 4.39 Å². The summed E-state index contributed by atoms with van der Waals surface area (Å²) in [4.78, 5) is 28.6. The molecule has 4 aromatic rings. The van der Waals surface area contributed by atoms with Crippen molar-refractivity contribution in [1.82, 2.24) is 4.90 Å². The van der Waals surface area contributed by atoms with Gasteiger partial charge in [-0.05, 0) is 53.6 Å². The standard InChI is InChI=1S/C25H14Cl2FNO5/c26-16-4-2-13(8-17(16)27)22-21-23(30)15-9-14(28)3-6-18(15)34-24(21)25(31)29(22)10-12-1-5-19-20(7-12)33-11-32-19/h1-9,22H,10-11H2/t22-/m0/s1. The molecular weight excluding hydrogens is 484 g/mol. The molecule has 0 bridgehead atoms. The van der Waals surface area contributed by atoms with Crippen molar-refractivity contribution in [1.29, 1.82) is 0 Å². The van der Waals surface area contributed by atoms with Crippen LogP contribution in [0.5, 0.6) is 11.5 Å². The van der Waals surface area contributed by atoms with Crippen LogP contribution in [0.2, 0.25) is 10.0 Å². The molecule has 170 valence electrons. The number of fused-ring (bicyclic) bond motifs is 3. The Bertz CT molecular complexity index is 1570. The van der Waals surface area contributed by atoms with E-state index in [0.717, 1.165) is 11.6 Å². The molecule has 0 radical (unpaired) electrons. The number of amides is 1. The van der Waals surface area contributed by atoms with Crippen molar-refractivity contribution in [3.8, 4) is 11.5 Å². The summed E-state index contributed by atoms with van der Waals surface area (Å²) in [5.74, 6) is 0.0643. The van der Waals surface area contributed by atoms with E-state index in [1.807, 2.05) is 6.07 Å². The molecule has 0 fully saturated rings. The summed E-state index contributed by atoms with van der Waals surface area (Å²) in [6, 6.07) is 13.1. The maximum absolute atomic E-state index is 13.9. The monoisotopic (exact) mass is 497 g/mol. The molecule has 0 N–H and O–H groups in total. The Morgan fingerprint density at radius 1 is 0.941 bits per heavy atom. The highest BCUT2D eigenvalue weighted by atomic mass is 35.5. The molecule has 1 aromatic heterocycles. The zero-order valence-electron chi connectivity index (χ0n) is 17.3. The predicted molar refractivity (Wildman–Crippen MR) is 123 cm³/mol. The second-order valence-corrected chi connectivity index (χ2v) is 8.83. The Labute approximate surface area is 202 Å². The van der Waals surface area contributed by atoms with E-state index in [4.69, 9.17) is 37.1 Å². The van der Waals surface area contributed by atoms with E-state index in [2.05, 4.69) is 0 Å². The van der Waals surface area contributed by atoms with Gasteiger partial charge in [-0.1, -0.05) is 35.3 Å². The number of nitrogens with zero attached hydrogens (tertiary/aromatic N) is 1. The molecule has 3 aromatic carbocycles. The Hall–Kier alpha value is -3.55. The Kier molecular flexibility index (Phi) is 4.79.